The number of hydrogen-bond donors (Lipinski definition) is 3. The van der Waals surface area contributed by atoms with Crippen LogP contribution in [0, 0.1) is 11.8 Å². The molecular weight excluding hydrogens is 739 g/mol. The van der Waals surface area contributed by atoms with E-state index in [0.29, 0.717) is 36.6 Å². The van der Waals surface area contributed by atoms with Crippen molar-refractivity contribution >= 4 is 36.2 Å². The van der Waals surface area contributed by atoms with Gasteiger partial charge in [-0.15, -0.1) is 0 Å². The Morgan fingerprint density at radius 2 is 1.28 bits per heavy atom. The van der Waals surface area contributed by atoms with Crippen molar-refractivity contribution in [3.63, 3.8) is 0 Å². The first-order valence-electron chi connectivity index (χ1n) is 20.7. The minimum atomic E-state index is -4.04. The molecule has 4 aromatic rings. The number of benzene rings is 2. The topological polar surface area (TPSA) is 160 Å². The number of hydrogen-bond acceptors (Lipinski definition) is 9. The van der Waals surface area contributed by atoms with Crippen LogP contribution in [0.4, 0.5) is 5.69 Å². The fraction of sp³-hybridized carbons (Fsp3) is 0.545. The Morgan fingerprint density at radius 1 is 0.789 bits per heavy atom. The van der Waals surface area contributed by atoms with Crippen molar-refractivity contribution in [2.24, 2.45) is 11.8 Å². The van der Waals surface area contributed by atoms with E-state index in [1.165, 1.54) is 12.8 Å². The van der Waals surface area contributed by atoms with Gasteiger partial charge < -0.3 is 24.5 Å². The Bertz CT molecular complexity index is 1860. The number of nitrogens with zero attached hydrogens (tertiary/aromatic N) is 3. The number of nitrogens with one attached hydrogen (secondary N) is 2. The van der Waals surface area contributed by atoms with Crippen molar-refractivity contribution in [1.82, 2.24) is 24.7 Å². The zero-order valence-corrected chi connectivity index (χ0v) is 34.8. The quantitative estimate of drug-likeness (QED) is 0.0623. The highest BCUT2D eigenvalue weighted by molar-refractivity contribution is 7.59. The second-order valence-corrected chi connectivity index (χ2v) is 18.9. The van der Waals surface area contributed by atoms with E-state index in [1.54, 1.807) is 32.4 Å². The van der Waals surface area contributed by atoms with Gasteiger partial charge in [-0.05, 0) is 75.5 Å². The van der Waals surface area contributed by atoms with Crippen LogP contribution in [0.2, 0.25) is 0 Å². The second kappa shape index (κ2) is 19.6. The molecule has 6 rings (SSSR count). The van der Waals surface area contributed by atoms with E-state index in [0.717, 1.165) is 62.5 Å². The number of imidazole rings is 1. The molecule has 2 heterocycles. The maximum absolute atomic E-state index is 15.8. The van der Waals surface area contributed by atoms with Gasteiger partial charge in [-0.2, -0.15) is 0 Å². The number of carbonyl (C=O) groups is 2. The number of ether oxygens (including phenoxy) is 3. The van der Waals surface area contributed by atoms with E-state index in [4.69, 9.17) is 19.9 Å². The summed E-state index contributed by atoms with van der Waals surface area (Å²) in [5.41, 5.74) is 6.65. The molecule has 308 valence electrons. The summed E-state index contributed by atoms with van der Waals surface area (Å²) in [5, 5.41) is 6.57. The minimum Gasteiger partial charge on any atom is -0.464 e. The van der Waals surface area contributed by atoms with Gasteiger partial charge in [0.2, 0.25) is 7.44 Å². The largest absolute Gasteiger partial charge is 0.464 e. The Hall–Kier alpha value is -4.09. The van der Waals surface area contributed by atoms with E-state index < -0.39 is 36.6 Å². The molecule has 2 aliphatic carbocycles. The average Bonchev–Trinajstić information content (AvgIpc) is 3.63. The van der Waals surface area contributed by atoms with Crippen LogP contribution in [0.5, 0.6) is 0 Å². The third-order valence-electron chi connectivity index (χ3n) is 11.4. The monoisotopic (exact) mass is 800 g/mol. The SMILES string of the molecule is C[C@H](Cn1cnc2c(N)ccnc21)OCP(=O)(N[C@@](C)(Cc1ccccc1)C(=O)OCC1CCCCC1)N[C@@](C)(Cc1ccccc1)C(=O)OCC1CCCCC1. The summed E-state index contributed by atoms with van der Waals surface area (Å²) in [4.78, 5) is 37.6. The molecule has 0 unspecified atom stereocenters. The average molecular weight is 801 g/mol. The predicted molar refractivity (Wildman–Crippen MR) is 223 cm³/mol. The lowest BCUT2D eigenvalue weighted by Crippen LogP contribution is -2.58. The number of carbonyl (C=O) groups excluding carboxylic acids is 2. The number of anilines is 1. The van der Waals surface area contributed by atoms with Crippen molar-refractivity contribution in [3.8, 4) is 0 Å². The molecule has 0 radical (unpaired) electrons. The number of aromatic nitrogens is 3. The van der Waals surface area contributed by atoms with Gasteiger partial charge in [-0.3, -0.25) is 14.2 Å². The van der Waals surface area contributed by atoms with Crippen LogP contribution in [0.25, 0.3) is 11.2 Å². The van der Waals surface area contributed by atoms with E-state index in [2.05, 4.69) is 20.1 Å². The lowest BCUT2D eigenvalue weighted by atomic mass is 9.90. The fourth-order valence-corrected chi connectivity index (χ4v) is 10.9. The van der Waals surface area contributed by atoms with Crippen LogP contribution in [-0.4, -0.2) is 63.2 Å². The Labute approximate surface area is 337 Å². The molecule has 4 N–H and O–H groups in total. The van der Waals surface area contributed by atoms with E-state index >= 15 is 4.57 Å². The van der Waals surface area contributed by atoms with Gasteiger partial charge >= 0.3 is 11.9 Å². The van der Waals surface area contributed by atoms with Crippen molar-refractivity contribution in [2.45, 2.75) is 122 Å². The van der Waals surface area contributed by atoms with Crippen molar-refractivity contribution in [1.29, 1.82) is 0 Å². The van der Waals surface area contributed by atoms with E-state index in [1.807, 2.05) is 72.2 Å². The molecule has 0 amide bonds. The molecule has 0 saturated heterocycles. The Kier molecular flexibility index (Phi) is 14.6. The first kappa shape index (κ1) is 42.5. The zero-order valence-electron chi connectivity index (χ0n) is 33.9. The van der Waals surface area contributed by atoms with Gasteiger partial charge in [-0.25, -0.2) is 20.1 Å². The van der Waals surface area contributed by atoms with Crippen molar-refractivity contribution in [2.75, 3.05) is 25.3 Å². The molecule has 0 bridgehead atoms. The highest BCUT2D eigenvalue weighted by Gasteiger charge is 2.47. The highest BCUT2D eigenvalue weighted by Crippen LogP contribution is 2.44. The smallest absolute Gasteiger partial charge is 0.326 e. The minimum absolute atomic E-state index is 0.189. The van der Waals surface area contributed by atoms with Gasteiger partial charge in [0.15, 0.2) is 5.65 Å². The molecule has 2 fully saturated rings. The van der Waals surface area contributed by atoms with Crippen molar-refractivity contribution in [3.05, 3.63) is 90.4 Å². The van der Waals surface area contributed by atoms with Crippen LogP contribution >= 0.6 is 7.44 Å². The van der Waals surface area contributed by atoms with Crippen molar-refractivity contribution < 1.29 is 28.4 Å². The number of pyridine rings is 1. The summed E-state index contributed by atoms with van der Waals surface area (Å²) in [7, 11) is -4.04. The molecule has 3 atom stereocenters. The molecule has 0 aliphatic heterocycles. The summed E-state index contributed by atoms with van der Waals surface area (Å²) in [6.07, 6.45) is 13.7. The first-order valence-corrected chi connectivity index (χ1v) is 22.6. The third-order valence-corrected chi connectivity index (χ3v) is 13.7. The molecule has 57 heavy (non-hydrogen) atoms. The summed E-state index contributed by atoms with van der Waals surface area (Å²) in [5.74, 6) is -0.444. The normalized spacial score (nSPS) is 18.4. The summed E-state index contributed by atoms with van der Waals surface area (Å²) >= 11 is 0. The van der Waals surface area contributed by atoms with Gasteiger partial charge in [-0.1, -0.05) is 99.2 Å². The Morgan fingerprint density at radius 3 is 1.77 bits per heavy atom. The summed E-state index contributed by atoms with van der Waals surface area (Å²) in [6, 6.07) is 20.9. The van der Waals surface area contributed by atoms with Gasteiger partial charge in [0.1, 0.15) is 22.9 Å². The molecule has 12 nitrogen and oxygen atoms in total. The number of fused-ring (bicyclic) bond motifs is 1. The molecular formula is C44H61N6O6P. The Balaban J connectivity index is 1.31. The lowest BCUT2D eigenvalue weighted by Gasteiger charge is -2.39. The first-order chi connectivity index (χ1) is 27.4. The maximum atomic E-state index is 15.8. The van der Waals surface area contributed by atoms with E-state index in [9.17, 15) is 9.59 Å². The number of nitrogens with two attached hydrogens (primary N) is 1. The van der Waals surface area contributed by atoms with Crippen LogP contribution in [0.3, 0.4) is 0 Å². The van der Waals surface area contributed by atoms with Crippen LogP contribution in [0.1, 0.15) is 96.1 Å². The van der Waals surface area contributed by atoms with Crippen LogP contribution in [0.15, 0.2) is 79.3 Å². The van der Waals surface area contributed by atoms with Gasteiger partial charge in [0, 0.05) is 19.0 Å². The van der Waals surface area contributed by atoms with Crippen LogP contribution < -0.4 is 15.9 Å². The molecule has 2 aromatic carbocycles. The fourth-order valence-electron chi connectivity index (χ4n) is 8.30. The predicted octanol–water partition coefficient (Wildman–Crippen LogP) is 8.00. The number of esters is 2. The van der Waals surface area contributed by atoms with E-state index in [-0.39, 0.29) is 31.0 Å². The number of nitrogen functional groups attached to an aromatic ring is 1. The lowest BCUT2D eigenvalue weighted by molar-refractivity contribution is -0.152. The molecule has 2 aliphatic rings. The van der Waals surface area contributed by atoms with Gasteiger partial charge in [0.25, 0.3) is 0 Å². The highest BCUT2D eigenvalue weighted by atomic mass is 31.2. The number of rotatable bonds is 19. The molecule has 0 spiro atoms. The summed E-state index contributed by atoms with van der Waals surface area (Å²) < 4.78 is 36.2. The second-order valence-electron chi connectivity index (χ2n) is 16.7. The molecule has 2 saturated carbocycles. The van der Waals surface area contributed by atoms with Crippen LogP contribution in [-0.2, 0) is 47.8 Å². The molecule has 13 heteroatoms. The summed E-state index contributed by atoms with van der Waals surface area (Å²) in [6.45, 7) is 6.25. The maximum Gasteiger partial charge on any atom is 0.326 e. The molecule has 2 aromatic heterocycles. The standard InChI is InChI=1S/C44H61N6O6P/c1-33(28-50-31-47-39-38(45)24-25-46-40(39)50)56-32-57(53,48-43(2,26-34-16-8-4-9-17-34)41(51)54-29-36-20-12-6-13-21-36)49-44(3,27-35-18-10-5-11-19-35)42(52)55-30-37-22-14-7-15-23-37/h4-5,8-11,16-19,24-25,31,33,36-37H,6-7,12-15,20-23,26-30,32H2,1-3H3,(H2,45,46)(H2,48,49,53)/t33-,43+,44+/m1/s1. The zero-order chi connectivity index (χ0) is 40.3. The third kappa shape index (κ3) is 11.7. The van der Waals surface area contributed by atoms with Gasteiger partial charge in [0.05, 0.1) is 37.9 Å².